The van der Waals surface area contributed by atoms with Gasteiger partial charge in [-0.1, -0.05) is 6.92 Å². The molecule has 1 heterocycles. The van der Waals surface area contributed by atoms with Crippen LogP contribution < -0.4 is 19.6 Å². The van der Waals surface area contributed by atoms with Crippen LogP contribution in [0.15, 0.2) is 35.3 Å². The van der Waals surface area contributed by atoms with Gasteiger partial charge in [0.05, 0.1) is 37.9 Å². The summed E-state index contributed by atoms with van der Waals surface area (Å²) < 4.78 is 28.0. The van der Waals surface area contributed by atoms with Gasteiger partial charge in [0.2, 0.25) is 5.43 Å². The van der Waals surface area contributed by atoms with E-state index in [4.69, 9.17) is 14.2 Å². The Balaban J connectivity index is 2.04. The predicted molar refractivity (Wildman–Crippen MR) is 103 cm³/mol. The van der Waals surface area contributed by atoms with E-state index in [9.17, 15) is 13.8 Å². The molecule has 1 unspecified atom stereocenters. The second-order valence-corrected chi connectivity index (χ2v) is 7.21. The van der Waals surface area contributed by atoms with Crippen LogP contribution in [0, 0.1) is 0 Å². The van der Waals surface area contributed by atoms with Gasteiger partial charge in [0, 0.05) is 34.8 Å². The van der Waals surface area contributed by atoms with E-state index >= 15 is 0 Å². The second-order valence-electron chi connectivity index (χ2n) is 5.75. The fourth-order valence-electron chi connectivity index (χ4n) is 2.39. The van der Waals surface area contributed by atoms with Crippen LogP contribution in [0.25, 0.3) is 0 Å². The molecule has 0 aliphatic heterocycles. The molecule has 0 amide bonds. The molecule has 1 aromatic carbocycles. The van der Waals surface area contributed by atoms with E-state index in [1.165, 1.54) is 26.5 Å². The molecule has 1 N–H and O–H groups in total. The predicted octanol–water partition coefficient (Wildman–Crippen LogP) is 2.31. The zero-order valence-electron chi connectivity index (χ0n) is 15.6. The lowest BCUT2D eigenvalue weighted by atomic mass is 10.1. The average Bonchev–Trinajstić information content (AvgIpc) is 2.66. The number of rotatable bonds is 10. The number of hydrogen-bond acceptors (Lipinski definition) is 6. The molecule has 0 saturated carbocycles. The van der Waals surface area contributed by atoms with Crippen molar-refractivity contribution in [3.05, 3.63) is 51.9 Å². The zero-order chi connectivity index (χ0) is 19.8. The number of benzene rings is 1. The Morgan fingerprint density at radius 3 is 2.56 bits per heavy atom. The highest BCUT2D eigenvalue weighted by atomic mass is 32.2. The minimum Gasteiger partial charge on any atom is -0.497 e. The Bertz CT molecular complexity index is 877. The lowest BCUT2D eigenvalue weighted by Gasteiger charge is -2.10. The number of carbonyl (C=O) groups is 1. The highest BCUT2D eigenvalue weighted by Gasteiger charge is 2.17. The SMILES string of the molecule is CCCOc1c[nH]c(CS(=O)CC(=O)c2ccc(OC)cc2OC)cc1=O. The van der Waals surface area contributed by atoms with Crippen LogP contribution in [0.2, 0.25) is 0 Å². The number of H-pyrrole nitrogens is 1. The van der Waals surface area contributed by atoms with Crippen molar-refractivity contribution in [1.29, 1.82) is 0 Å². The van der Waals surface area contributed by atoms with Crippen LogP contribution in [0.3, 0.4) is 0 Å². The summed E-state index contributed by atoms with van der Waals surface area (Å²) in [6.45, 7) is 2.40. The summed E-state index contributed by atoms with van der Waals surface area (Å²) in [5.74, 6) is 0.727. The molecule has 0 fully saturated rings. The Morgan fingerprint density at radius 1 is 1.15 bits per heavy atom. The lowest BCUT2D eigenvalue weighted by Crippen LogP contribution is -2.15. The van der Waals surface area contributed by atoms with E-state index in [0.717, 1.165) is 6.42 Å². The normalized spacial score (nSPS) is 11.7. The van der Waals surface area contributed by atoms with E-state index in [2.05, 4.69) is 4.98 Å². The van der Waals surface area contributed by atoms with Crippen molar-refractivity contribution in [2.75, 3.05) is 26.6 Å². The van der Waals surface area contributed by atoms with Gasteiger partial charge in [-0.3, -0.25) is 13.8 Å². The van der Waals surface area contributed by atoms with E-state index in [0.29, 0.717) is 29.4 Å². The number of methoxy groups -OCH3 is 2. The summed E-state index contributed by atoms with van der Waals surface area (Å²) in [6.07, 6.45) is 2.25. The van der Waals surface area contributed by atoms with Crippen molar-refractivity contribution >= 4 is 16.6 Å². The van der Waals surface area contributed by atoms with Crippen molar-refractivity contribution < 1.29 is 23.2 Å². The Labute approximate surface area is 160 Å². The molecule has 1 aromatic heterocycles. The molecule has 0 spiro atoms. The number of aromatic nitrogens is 1. The molecule has 0 aliphatic carbocycles. The van der Waals surface area contributed by atoms with E-state index in [1.54, 1.807) is 18.2 Å². The highest BCUT2D eigenvalue weighted by Crippen LogP contribution is 2.25. The number of ketones is 1. The quantitative estimate of drug-likeness (QED) is 0.623. The number of aromatic amines is 1. The van der Waals surface area contributed by atoms with Crippen molar-refractivity contribution in [1.82, 2.24) is 4.98 Å². The van der Waals surface area contributed by atoms with Gasteiger partial charge in [-0.2, -0.15) is 0 Å². The highest BCUT2D eigenvalue weighted by molar-refractivity contribution is 7.85. The minimum absolute atomic E-state index is 0.0630. The molecule has 2 rings (SSSR count). The topological polar surface area (TPSA) is 94.7 Å². The van der Waals surface area contributed by atoms with E-state index < -0.39 is 10.8 Å². The molecular weight excluding hydrogens is 370 g/mol. The van der Waals surface area contributed by atoms with Gasteiger partial charge < -0.3 is 19.2 Å². The van der Waals surface area contributed by atoms with Gasteiger partial charge in [0.1, 0.15) is 11.5 Å². The first-order valence-electron chi connectivity index (χ1n) is 8.43. The van der Waals surface area contributed by atoms with Crippen LogP contribution in [-0.2, 0) is 16.6 Å². The van der Waals surface area contributed by atoms with Crippen LogP contribution >= 0.6 is 0 Å². The lowest BCUT2D eigenvalue weighted by molar-refractivity contribution is 0.101. The summed E-state index contributed by atoms with van der Waals surface area (Å²) in [5, 5.41) is 0. The van der Waals surface area contributed by atoms with Crippen molar-refractivity contribution in [3.63, 3.8) is 0 Å². The third-order valence-corrected chi connectivity index (χ3v) is 4.93. The number of ether oxygens (including phenoxy) is 3. The number of nitrogens with one attached hydrogen (secondary N) is 1. The molecular formula is C19H23NO6S. The van der Waals surface area contributed by atoms with Crippen molar-refractivity contribution in [2.24, 2.45) is 0 Å². The fraction of sp³-hybridized carbons (Fsp3) is 0.368. The number of Topliss-reactive ketones (excluding diaryl/α,β-unsaturated/α-hetero) is 1. The van der Waals surface area contributed by atoms with Crippen LogP contribution in [0.5, 0.6) is 17.2 Å². The summed E-state index contributed by atoms with van der Waals surface area (Å²) in [4.78, 5) is 27.3. The smallest absolute Gasteiger partial charge is 0.223 e. The van der Waals surface area contributed by atoms with Gasteiger partial charge in [-0.15, -0.1) is 0 Å². The first kappa shape index (κ1) is 20.7. The van der Waals surface area contributed by atoms with Crippen LogP contribution in [0.4, 0.5) is 0 Å². The molecule has 0 saturated heterocycles. The molecule has 2 aromatic rings. The van der Waals surface area contributed by atoms with E-state index in [1.807, 2.05) is 6.92 Å². The Hall–Kier alpha value is -2.61. The minimum atomic E-state index is -1.49. The molecule has 0 radical (unpaired) electrons. The third-order valence-electron chi connectivity index (χ3n) is 3.72. The first-order chi connectivity index (χ1) is 13.0. The van der Waals surface area contributed by atoms with Gasteiger partial charge in [0.25, 0.3) is 0 Å². The molecule has 0 bridgehead atoms. The molecule has 1 atom stereocenters. The van der Waals surface area contributed by atoms with Crippen molar-refractivity contribution in [3.8, 4) is 17.2 Å². The average molecular weight is 393 g/mol. The largest absolute Gasteiger partial charge is 0.497 e. The third kappa shape index (κ3) is 5.68. The number of carbonyl (C=O) groups excluding carboxylic acids is 1. The maximum Gasteiger partial charge on any atom is 0.223 e. The Kier molecular flexibility index (Phi) is 7.60. The van der Waals surface area contributed by atoms with E-state index in [-0.39, 0.29) is 28.5 Å². The molecule has 0 aliphatic rings. The summed E-state index contributed by atoms with van der Waals surface area (Å²) in [6, 6.07) is 6.17. The second kappa shape index (κ2) is 9.91. The molecule has 146 valence electrons. The summed E-state index contributed by atoms with van der Waals surface area (Å²) >= 11 is 0. The molecule has 27 heavy (non-hydrogen) atoms. The van der Waals surface area contributed by atoms with Crippen LogP contribution in [-0.4, -0.2) is 41.6 Å². The van der Waals surface area contributed by atoms with Gasteiger partial charge in [-0.05, 0) is 18.6 Å². The van der Waals surface area contributed by atoms with Gasteiger partial charge in [-0.25, -0.2) is 0 Å². The first-order valence-corrected chi connectivity index (χ1v) is 9.91. The number of pyridine rings is 1. The van der Waals surface area contributed by atoms with Crippen LogP contribution in [0.1, 0.15) is 29.4 Å². The monoisotopic (exact) mass is 393 g/mol. The standard InChI is InChI=1S/C19H23NO6S/c1-4-7-26-19-10-20-13(8-16(19)21)11-27(23)12-17(22)15-6-5-14(24-2)9-18(15)25-3/h5-6,8-10H,4,7,11-12H2,1-3H3,(H,20,21). The maximum absolute atomic E-state index is 12.5. The number of hydrogen-bond donors (Lipinski definition) is 1. The molecule has 7 nitrogen and oxygen atoms in total. The summed E-state index contributed by atoms with van der Waals surface area (Å²) in [7, 11) is 1.49. The Morgan fingerprint density at radius 2 is 1.93 bits per heavy atom. The summed E-state index contributed by atoms with van der Waals surface area (Å²) in [5.41, 5.74) is 0.539. The van der Waals surface area contributed by atoms with Gasteiger partial charge >= 0.3 is 0 Å². The zero-order valence-corrected chi connectivity index (χ0v) is 16.4. The van der Waals surface area contributed by atoms with Gasteiger partial charge in [0.15, 0.2) is 11.5 Å². The fourth-order valence-corrected chi connectivity index (χ4v) is 3.45. The van der Waals surface area contributed by atoms with Crippen molar-refractivity contribution in [2.45, 2.75) is 19.1 Å². The molecule has 8 heteroatoms. The maximum atomic E-state index is 12.5.